The van der Waals surface area contributed by atoms with Crippen molar-refractivity contribution in [1.82, 2.24) is 10.2 Å². The fourth-order valence-electron chi connectivity index (χ4n) is 3.06. The smallest absolute Gasteiger partial charge is 0.238 e. The molecule has 1 aromatic heterocycles. The lowest BCUT2D eigenvalue weighted by molar-refractivity contribution is -0.123. The number of anilines is 1. The van der Waals surface area contributed by atoms with Crippen molar-refractivity contribution in [3.8, 4) is 0 Å². The molecule has 2 N–H and O–H groups in total. The number of rotatable bonds is 8. The minimum Gasteiger partial charge on any atom is -0.459 e. The number of fused-ring (bicyclic) bond motifs is 1. The van der Waals surface area contributed by atoms with Gasteiger partial charge in [-0.05, 0) is 44.5 Å². The first-order chi connectivity index (χ1) is 14.0. The molecule has 0 unspecified atom stereocenters. The van der Waals surface area contributed by atoms with Gasteiger partial charge in [0, 0.05) is 10.3 Å². The zero-order valence-electron chi connectivity index (χ0n) is 16.8. The molecule has 2 amide bonds. The molecule has 152 valence electrons. The molecule has 6 nitrogen and oxygen atoms in total. The number of nitrogens with one attached hydrogen (secondary N) is 2. The molecular weight excluding hydrogens is 386 g/mol. The number of nitrogens with zero attached hydrogens (tertiary/aromatic N) is 1. The summed E-state index contributed by atoms with van der Waals surface area (Å²) in [6.07, 6.45) is 1.96. The van der Waals surface area contributed by atoms with Gasteiger partial charge < -0.3 is 15.1 Å². The maximum absolute atomic E-state index is 12.4. The summed E-state index contributed by atoms with van der Waals surface area (Å²) in [5, 5.41) is 6.82. The molecule has 2 aromatic carbocycles. The highest BCUT2D eigenvalue weighted by atomic mass is 32.2. The van der Waals surface area contributed by atoms with Gasteiger partial charge in [-0.1, -0.05) is 30.3 Å². The largest absolute Gasteiger partial charge is 0.459 e. The predicted molar refractivity (Wildman–Crippen MR) is 117 cm³/mol. The summed E-state index contributed by atoms with van der Waals surface area (Å²) in [7, 11) is 1.74. The van der Waals surface area contributed by atoms with Gasteiger partial charge in [0.05, 0.1) is 24.8 Å². The van der Waals surface area contributed by atoms with Crippen LogP contribution in [0.4, 0.5) is 5.69 Å². The second-order valence-electron chi connectivity index (χ2n) is 6.90. The van der Waals surface area contributed by atoms with Crippen molar-refractivity contribution < 1.29 is 14.0 Å². The van der Waals surface area contributed by atoms with Crippen molar-refractivity contribution >= 4 is 40.2 Å². The number of carbonyl (C=O) groups excluding carboxylic acids is 2. The van der Waals surface area contributed by atoms with E-state index in [0.717, 1.165) is 21.6 Å². The highest BCUT2D eigenvalue weighted by Gasteiger charge is 2.17. The number of carbonyl (C=O) groups is 2. The molecule has 7 heteroatoms. The molecule has 0 aliphatic carbocycles. The molecular formula is C22H25N3O3S. The Morgan fingerprint density at radius 1 is 1.07 bits per heavy atom. The average Bonchev–Trinajstić information content (AvgIpc) is 3.12. The molecule has 0 fully saturated rings. The third-order valence-corrected chi connectivity index (χ3v) is 5.25. The van der Waals surface area contributed by atoms with Gasteiger partial charge in [0.2, 0.25) is 11.8 Å². The highest BCUT2D eigenvalue weighted by molar-refractivity contribution is 7.98. The van der Waals surface area contributed by atoms with Gasteiger partial charge in [0.25, 0.3) is 0 Å². The Labute approximate surface area is 174 Å². The zero-order chi connectivity index (χ0) is 20.8. The molecule has 0 bridgehead atoms. The van der Waals surface area contributed by atoms with Crippen molar-refractivity contribution in [3.05, 3.63) is 60.4 Å². The second-order valence-corrected chi connectivity index (χ2v) is 7.74. The van der Waals surface area contributed by atoms with Crippen LogP contribution in [0.25, 0.3) is 11.0 Å². The van der Waals surface area contributed by atoms with E-state index in [-0.39, 0.29) is 30.9 Å². The van der Waals surface area contributed by atoms with Crippen LogP contribution in [0.1, 0.15) is 18.7 Å². The minimum absolute atomic E-state index is 0.113. The Morgan fingerprint density at radius 2 is 1.76 bits per heavy atom. The predicted octanol–water partition coefficient (Wildman–Crippen LogP) is 3.90. The summed E-state index contributed by atoms with van der Waals surface area (Å²) >= 11 is 1.57. The number of hydrogen-bond donors (Lipinski definition) is 2. The van der Waals surface area contributed by atoms with Crippen molar-refractivity contribution in [3.63, 3.8) is 0 Å². The molecule has 0 radical (unpaired) electrons. The van der Waals surface area contributed by atoms with Gasteiger partial charge in [0.1, 0.15) is 11.3 Å². The van der Waals surface area contributed by atoms with Gasteiger partial charge in [0.15, 0.2) is 0 Å². The Bertz CT molecular complexity index is 969. The van der Waals surface area contributed by atoms with Crippen molar-refractivity contribution in [2.45, 2.75) is 17.9 Å². The molecule has 0 aliphatic heterocycles. The van der Waals surface area contributed by atoms with E-state index in [2.05, 4.69) is 10.6 Å². The molecule has 3 rings (SSSR count). The van der Waals surface area contributed by atoms with Gasteiger partial charge in [-0.15, -0.1) is 11.8 Å². The van der Waals surface area contributed by atoms with Crippen LogP contribution < -0.4 is 10.6 Å². The standard InChI is InChI=1S/C22H25N3O3S/c1-15(19-12-16-8-4-6-10-18(16)28-19)23-21(26)13-25(2)14-22(27)24-17-9-5-7-11-20(17)29-3/h4-12,15H,13-14H2,1-3H3,(H,23,26)(H,24,27)/t15-/m1/s1. The van der Waals surface area contributed by atoms with Crippen molar-refractivity contribution in [1.29, 1.82) is 0 Å². The van der Waals surface area contributed by atoms with E-state index < -0.39 is 0 Å². The molecule has 29 heavy (non-hydrogen) atoms. The number of benzene rings is 2. The number of furan rings is 1. The molecule has 0 spiro atoms. The lowest BCUT2D eigenvalue weighted by Crippen LogP contribution is -2.39. The third kappa shape index (κ3) is 5.62. The summed E-state index contributed by atoms with van der Waals surface area (Å²) in [5.74, 6) is 0.374. The monoisotopic (exact) mass is 411 g/mol. The third-order valence-electron chi connectivity index (χ3n) is 4.46. The van der Waals surface area contributed by atoms with Gasteiger partial charge >= 0.3 is 0 Å². The Kier molecular flexibility index (Phi) is 6.95. The maximum atomic E-state index is 12.4. The second kappa shape index (κ2) is 9.62. The molecule has 0 saturated carbocycles. The Morgan fingerprint density at radius 3 is 2.52 bits per heavy atom. The molecule has 1 heterocycles. The van der Waals surface area contributed by atoms with E-state index >= 15 is 0 Å². The van der Waals surface area contributed by atoms with Gasteiger partial charge in [-0.2, -0.15) is 0 Å². The first kappa shape index (κ1) is 21.0. The first-order valence-electron chi connectivity index (χ1n) is 9.35. The fraction of sp³-hybridized carbons (Fsp3) is 0.273. The minimum atomic E-state index is -0.259. The van der Waals surface area contributed by atoms with Crippen LogP contribution in [0, 0.1) is 0 Å². The summed E-state index contributed by atoms with van der Waals surface area (Å²) in [4.78, 5) is 27.3. The Balaban J connectivity index is 1.50. The lowest BCUT2D eigenvalue weighted by atomic mass is 10.2. The summed E-state index contributed by atoms with van der Waals surface area (Å²) in [6, 6.07) is 17.0. The Hall–Kier alpha value is -2.77. The molecule has 1 atom stereocenters. The van der Waals surface area contributed by atoms with E-state index in [0.29, 0.717) is 5.76 Å². The number of para-hydroxylation sites is 2. The maximum Gasteiger partial charge on any atom is 0.238 e. The van der Waals surface area contributed by atoms with Crippen molar-refractivity contribution in [2.24, 2.45) is 0 Å². The molecule has 0 saturated heterocycles. The number of thioether (sulfide) groups is 1. The van der Waals surface area contributed by atoms with E-state index in [1.54, 1.807) is 23.7 Å². The number of hydrogen-bond acceptors (Lipinski definition) is 5. The van der Waals surface area contributed by atoms with E-state index in [4.69, 9.17) is 4.42 Å². The molecule has 3 aromatic rings. The number of amides is 2. The zero-order valence-corrected chi connectivity index (χ0v) is 17.6. The quantitative estimate of drug-likeness (QED) is 0.550. The van der Waals surface area contributed by atoms with Crippen LogP contribution in [0.3, 0.4) is 0 Å². The van der Waals surface area contributed by atoms with E-state index in [1.807, 2.05) is 67.8 Å². The first-order valence-corrected chi connectivity index (χ1v) is 10.6. The highest BCUT2D eigenvalue weighted by Crippen LogP contribution is 2.25. The van der Waals surface area contributed by atoms with Gasteiger partial charge in [-0.3, -0.25) is 14.5 Å². The van der Waals surface area contributed by atoms with Crippen LogP contribution in [0.5, 0.6) is 0 Å². The fourth-order valence-corrected chi connectivity index (χ4v) is 3.61. The average molecular weight is 412 g/mol. The lowest BCUT2D eigenvalue weighted by Gasteiger charge is -2.18. The van der Waals surface area contributed by atoms with Crippen LogP contribution in [0.15, 0.2) is 63.9 Å². The summed E-state index contributed by atoms with van der Waals surface area (Å²) in [6.45, 7) is 2.11. The van der Waals surface area contributed by atoms with E-state index in [9.17, 15) is 9.59 Å². The van der Waals surface area contributed by atoms with Crippen molar-refractivity contribution in [2.75, 3.05) is 31.7 Å². The molecule has 0 aliphatic rings. The van der Waals surface area contributed by atoms with Crippen LogP contribution >= 0.6 is 11.8 Å². The van der Waals surface area contributed by atoms with Crippen LogP contribution in [0.2, 0.25) is 0 Å². The normalized spacial score (nSPS) is 12.1. The van der Waals surface area contributed by atoms with Crippen LogP contribution in [-0.4, -0.2) is 43.1 Å². The topological polar surface area (TPSA) is 74.6 Å². The van der Waals surface area contributed by atoms with Crippen LogP contribution in [-0.2, 0) is 9.59 Å². The summed E-state index contributed by atoms with van der Waals surface area (Å²) < 4.78 is 5.79. The number of likely N-dealkylation sites (N-methyl/N-ethyl adjacent to an activating group) is 1. The summed E-state index contributed by atoms with van der Waals surface area (Å²) in [5.41, 5.74) is 1.57. The van der Waals surface area contributed by atoms with E-state index in [1.165, 1.54) is 0 Å². The van der Waals surface area contributed by atoms with Gasteiger partial charge in [-0.25, -0.2) is 0 Å². The SMILES string of the molecule is CSc1ccccc1NC(=O)CN(C)CC(=O)N[C@H](C)c1cc2ccccc2o1.